The Balaban J connectivity index is 1.81. The van der Waals surface area contributed by atoms with E-state index in [1.807, 2.05) is 11.8 Å². The summed E-state index contributed by atoms with van der Waals surface area (Å²) in [5.41, 5.74) is 0.462. The van der Waals surface area contributed by atoms with Crippen LogP contribution in [0.2, 0.25) is 0 Å². The predicted molar refractivity (Wildman–Crippen MR) is 113 cm³/mol. The molecule has 0 aliphatic carbocycles. The first-order chi connectivity index (χ1) is 13.6. The van der Waals surface area contributed by atoms with Gasteiger partial charge in [0, 0.05) is 38.3 Å². The first-order valence-electron chi connectivity index (χ1n) is 10.5. The first-order valence-corrected chi connectivity index (χ1v) is 10.5. The quantitative estimate of drug-likeness (QED) is 0.363. The fourth-order valence-electron chi connectivity index (χ4n) is 3.53. The maximum Gasteiger partial charge on any atom is 0.191 e. The second-order valence-electron chi connectivity index (χ2n) is 7.17. The molecule has 7 heteroatoms. The Labute approximate surface area is 168 Å². The van der Waals surface area contributed by atoms with Crippen molar-refractivity contribution in [2.75, 3.05) is 50.7 Å². The average molecular weight is 396 g/mol. The van der Waals surface area contributed by atoms with E-state index < -0.39 is 11.6 Å². The summed E-state index contributed by atoms with van der Waals surface area (Å²) in [6, 6.07) is 3.96. The average Bonchev–Trinajstić information content (AvgIpc) is 3.13. The molecule has 0 saturated carbocycles. The van der Waals surface area contributed by atoms with Gasteiger partial charge in [0.2, 0.25) is 0 Å². The van der Waals surface area contributed by atoms with Gasteiger partial charge in [0.05, 0.1) is 5.69 Å². The summed E-state index contributed by atoms with van der Waals surface area (Å²) < 4.78 is 27.1. The molecule has 1 atom stereocenters. The number of rotatable bonds is 10. The Hall–Kier alpha value is -1.89. The molecule has 0 radical (unpaired) electrons. The van der Waals surface area contributed by atoms with Crippen molar-refractivity contribution >= 4 is 11.6 Å². The summed E-state index contributed by atoms with van der Waals surface area (Å²) in [6.45, 7) is 12.7. The van der Waals surface area contributed by atoms with Gasteiger partial charge >= 0.3 is 0 Å². The standard InChI is InChI=1S/C21H35F2N5/c1-4-24-21(25-12-7-8-13-27(5-2)6-3)26-18-11-14-28(16-18)20-10-9-17(22)15-19(20)23/h9-10,15,18H,4-8,11-14,16H2,1-3H3,(H2,24,25,26). The number of nitrogens with one attached hydrogen (secondary N) is 2. The van der Waals surface area contributed by atoms with Crippen LogP contribution in [0.5, 0.6) is 0 Å². The third-order valence-electron chi connectivity index (χ3n) is 5.17. The minimum Gasteiger partial charge on any atom is -0.367 e. The van der Waals surface area contributed by atoms with Crippen LogP contribution in [0.4, 0.5) is 14.5 Å². The van der Waals surface area contributed by atoms with Gasteiger partial charge in [0.15, 0.2) is 5.96 Å². The van der Waals surface area contributed by atoms with E-state index in [2.05, 4.69) is 34.4 Å². The van der Waals surface area contributed by atoms with E-state index in [1.54, 1.807) is 0 Å². The zero-order valence-corrected chi connectivity index (χ0v) is 17.5. The zero-order chi connectivity index (χ0) is 20.4. The summed E-state index contributed by atoms with van der Waals surface area (Å²) in [7, 11) is 0. The number of aliphatic imine (C=N–C) groups is 1. The van der Waals surface area contributed by atoms with Crippen molar-refractivity contribution in [2.24, 2.45) is 4.99 Å². The molecule has 0 aromatic heterocycles. The maximum absolute atomic E-state index is 14.0. The third kappa shape index (κ3) is 6.93. The lowest BCUT2D eigenvalue weighted by molar-refractivity contribution is 0.297. The SMILES string of the molecule is CCNC(=NCCCCN(CC)CC)NC1CCN(c2ccc(F)cc2F)C1. The monoisotopic (exact) mass is 395 g/mol. The van der Waals surface area contributed by atoms with E-state index in [0.29, 0.717) is 12.2 Å². The molecule has 1 saturated heterocycles. The molecule has 1 aromatic carbocycles. The highest BCUT2D eigenvalue weighted by atomic mass is 19.1. The number of unbranched alkanes of at least 4 members (excludes halogenated alkanes) is 1. The molecule has 0 spiro atoms. The number of halogens is 2. The fraction of sp³-hybridized carbons (Fsp3) is 0.667. The topological polar surface area (TPSA) is 42.9 Å². The Kier molecular flexibility index (Phi) is 9.47. The fourth-order valence-corrected chi connectivity index (χ4v) is 3.53. The molecule has 1 aliphatic rings. The molecule has 2 N–H and O–H groups in total. The van der Waals surface area contributed by atoms with E-state index in [0.717, 1.165) is 70.6 Å². The van der Waals surface area contributed by atoms with E-state index >= 15 is 0 Å². The smallest absolute Gasteiger partial charge is 0.191 e. The summed E-state index contributed by atoms with van der Waals surface area (Å²) in [5.74, 6) is -0.233. The molecular weight excluding hydrogens is 360 g/mol. The summed E-state index contributed by atoms with van der Waals surface area (Å²) in [4.78, 5) is 9.07. The highest BCUT2D eigenvalue weighted by Gasteiger charge is 2.25. The lowest BCUT2D eigenvalue weighted by Crippen LogP contribution is -2.44. The summed E-state index contributed by atoms with van der Waals surface area (Å²) in [6.07, 6.45) is 3.10. The Morgan fingerprint density at radius 2 is 2.00 bits per heavy atom. The van der Waals surface area contributed by atoms with Gasteiger partial charge in [-0.1, -0.05) is 13.8 Å². The molecule has 2 rings (SSSR count). The largest absolute Gasteiger partial charge is 0.367 e. The van der Waals surface area contributed by atoms with Crippen molar-refractivity contribution in [3.05, 3.63) is 29.8 Å². The number of benzene rings is 1. The molecule has 1 aliphatic heterocycles. The molecule has 0 bridgehead atoms. The predicted octanol–water partition coefficient (Wildman–Crippen LogP) is 3.22. The summed E-state index contributed by atoms with van der Waals surface area (Å²) >= 11 is 0. The third-order valence-corrected chi connectivity index (χ3v) is 5.17. The van der Waals surface area contributed by atoms with Gasteiger partial charge in [-0.25, -0.2) is 8.78 Å². The van der Waals surface area contributed by atoms with Gasteiger partial charge in [0.1, 0.15) is 11.6 Å². The van der Waals surface area contributed by atoms with Crippen molar-refractivity contribution in [3.8, 4) is 0 Å². The first kappa shape index (κ1) is 22.4. The molecule has 1 heterocycles. The number of guanidine groups is 1. The highest BCUT2D eigenvalue weighted by molar-refractivity contribution is 5.80. The van der Waals surface area contributed by atoms with Crippen LogP contribution in [0, 0.1) is 11.6 Å². The van der Waals surface area contributed by atoms with Crippen molar-refractivity contribution in [3.63, 3.8) is 0 Å². The van der Waals surface area contributed by atoms with Crippen LogP contribution >= 0.6 is 0 Å². The van der Waals surface area contributed by atoms with Gasteiger partial charge in [-0.2, -0.15) is 0 Å². The molecule has 158 valence electrons. The molecule has 1 aromatic rings. The van der Waals surface area contributed by atoms with Crippen molar-refractivity contribution in [2.45, 2.75) is 46.1 Å². The molecular formula is C21H35F2N5. The number of nitrogens with zero attached hydrogens (tertiary/aromatic N) is 3. The minimum atomic E-state index is -0.544. The second-order valence-corrected chi connectivity index (χ2v) is 7.17. The Morgan fingerprint density at radius 1 is 1.21 bits per heavy atom. The van der Waals surface area contributed by atoms with E-state index in [-0.39, 0.29) is 6.04 Å². The molecule has 0 amide bonds. The highest BCUT2D eigenvalue weighted by Crippen LogP contribution is 2.24. The summed E-state index contributed by atoms with van der Waals surface area (Å²) in [5, 5.41) is 6.75. The molecule has 1 fully saturated rings. The molecule has 28 heavy (non-hydrogen) atoms. The normalized spacial score (nSPS) is 17.4. The molecule has 1 unspecified atom stereocenters. The van der Waals surface area contributed by atoms with Crippen LogP contribution in [0.15, 0.2) is 23.2 Å². The molecule has 5 nitrogen and oxygen atoms in total. The van der Waals surface area contributed by atoms with Gasteiger partial charge in [-0.05, 0) is 58.0 Å². The Bertz CT molecular complexity index is 619. The van der Waals surface area contributed by atoms with Crippen molar-refractivity contribution in [1.29, 1.82) is 0 Å². The second kappa shape index (κ2) is 11.8. The van der Waals surface area contributed by atoms with Crippen LogP contribution in [0.25, 0.3) is 0 Å². The minimum absolute atomic E-state index is 0.193. The maximum atomic E-state index is 14.0. The zero-order valence-electron chi connectivity index (χ0n) is 17.5. The van der Waals surface area contributed by atoms with E-state index in [9.17, 15) is 8.78 Å². The Morgan fingerprint density at radius 3 is 2.68 bits per heavy atom. The van der Waals surface area contributed by atoms with Crippen LogP contribution in [-0.2, 0) is 0 Å². The number of anilines is 1. The van der Waals surface area contributed by atoms with E-state index in [4.69, 9.17) is 0 Å². The number of hydrogen-bond donors (Lipinski definition) is 2. The van der Waals surface area contributed by atoms with Crippen molar-refractivity contribution < 1.29 is 8.78 Å². The number of hydrogen-bond acceptors (Lipinski definition) is 3. The van der Waals surface area contributed by atoms with Crippen molar-refractivity contribution in [1.82, 2.24) is 15.5 Å². The van der Waals surface area contributed by atoms with Gasteiger partial charge in [-0.3, -0.25) is 4.99 Å². The van der Waals surface area contributed by atoms with Gasteiger partial charge in [-0.15, -0.1) is 0 Å². The van der Waals surface area contributed by atoms with Crippen LogP contribution < -0.4 is 15.5 Å². The lowest BCUT2D eigenvalue weighted by atomic mass is 10.2. The lowest BCUT2D eigenvalue weighted by Gasteiger charge is -2.21. The van der Waals surface area contributed by atoms with Crippen LogP contribution in [-0.4, -0.2) is 62.7 Å². The van der Waals surface area contributed by atoms with Gasteiger partial charge < -0.3 is 20.4 Å². The van der Waals surface area contributed by atoms with Crippen LogP contribution in [0.1, 0.15) is 40.0 Å². The van der Waals surface area contributed by atoms with E-state index in [1.165, 1.54) is 12.1 Å². The van der Waals surface area contributed by atoms with Crippen LogP contribution in [0.3, 0.4) is 0 Å². The van der Waals surface area contributed by atoms with Gasteiger partial charge in [0.25, 0.3) is 0 Å².